The van der Waals surface area contributed by atoms with E-state index in [0.717, 1.165) is 51.4 Å². The van der Waals surface area contributed by atoms with Crippen molar-refractivity contribution < 1.29 is 9.59 Å². The first kappa shape index (κ1) is 14.0. The highest BCUT2D eigenvalue weighted by atomic mass is 32.1. The summed E-state index contributed by atoms with van der Waals surface area (Å²) >= 11 is 5.49. The minimum Gasteiger partial charge on any atom is -0.277 e. The lowest BCUT2D eigenvalue weighted by atomic mass is 9.94. The van der Waals surface area contributed by atoms with E-state index in [0.29, 0.717) is 5.11 Å². The highest BCUT2D eigenvalue weighted by Crippen LogP contribution is 2.31. The van der Waals surface area contributed by atoms with Crippen LogP contribution in [0.5, 0.6) is 0 Å². The largest absolute Gasteiger partial charge is 0.318 e. The van der Waals surface area contributed by atoms with E-state index < -0.39 is 0 Å². The van der Waals surface area contributed by atoms with Crippen molar-refractivity contribution in [2.24, 2.45) is 0 Å². The quantitative estimate of drug-likeness (QED) is 0.580. The summed E-state index contributed by atoms with van der Waals surface area (Å²) in [7, 11) is 0. The van der Waals surface area contributed by atoms with Gasteiger partial charge in [-0.25, -0.2) is 0 Å². The number of carbonyl (C=O) groups excluding carboxylic acids is 2. The summed E-state index contributed by atoms with van der Waals surface area (Å²) in [6.07, 6.45) is 10.9. The van der Waals surface area contributed by atoms with Gasteiger partial charge in [0.1, 0.15) is 0 Å². The Morgan fingerprint density at radius 1 is 0.700 bits per heavy atom. The molecule has 0 bridgehead atoms. The molecule has 110 valence electrons. The van der Waals surface area contributed by atoms with Gasteiger partial charge in [0.05, 0.1) is 0 Å². The summed E-state index contributed by atoms with van der Waals surface area (Å²) < 4.78 is 0. The van der Waals surface area contributed by atoms with Crippen LogP contribution in [0.15, 0.2) is 0 Å². The van der Waals surface area contributed by atoms with Gasteiger partial charge in [-0.2, -0.15) is 0 Å². The second kappa shape index (κ2) is 5.80. The number of carbonyl (C=O) groups is 2. The lowest BCUT2D eigenvalue weighted by Gasteiger charge is -2.33. The molecular weight excluding hydrogens is 272 g/mol. The maximum Gasteiger partial charge on any atom is 0.318 e. The van der Waals surface area contributed by atoms with Crippen LogP contribution in [0.2, 0.25) is 0 Å². The van der Waals surface area contributed by atoms with E-state index in [2.05, 4.69) is 0 Å². The van der Waals surface area contributed by atoms with E-state index in [-0.39, 0.29) is 23.9 Å². The van der Waals surface area contributed by atoms with Gasteiger partial charge in [-0.05, 0) is 37.9 Å². The van der Waals surface area contributed by atoms with Gasteiger partial charge in [0.15, 0.2) is 5.11 Å². The Bertz CT molecular complexity index is 388. The molecule has 3 fully saturated rings. The van der Waals surface area contributed by atoms with E-state index in [1.165, 1.54) is 12.8 Å². The van der Waals surface area contributed by atoms with E-state index in [4.69, 9.17) is 12.2 Å². The predicted molar refractivity (Wildman–Crippen MR) is 80.0 cm³/mol. The van der Waals surface area contributed by atoms with Crippen molar-refractivity contribution in [2.45, 2.75) is 76.3 Å². The van der Waals surface area contributed by atoms with Crippen molar-refractivity contribution in [3.8, 4) is 0 Å². The summed E-state index contributed by atoms with van der Waals surface area (Å²) in [6.45, 7) is 0. The average Bonchev–Trinajstić information content (AvgIpc) is 2.71. The Morgan fingerprint density at radius 2 is 1.05 bits per heavy atom. The zero-order valence-corrected chi connectivity index (χ0v) is 12.7. The van der Waals surface area contributed by atoms with Gasteiger partial charge in [-0.15, -0.1) is 0 Å². The first-order chi connectivity index (χ1) is 9.70. The Morgan fingerprint density at radius 3 is 1.40 bits per heavy atom. The Kier molecular flexibility index (Phi) is 4.06. The molecule has 0 aromatic heterocycles. The lowest BCUT2D eigenvalue weighted by molar-refractivity contribution is -0.145. The highest BCUT2D eigenvalue weighted by Gasteiger charge is 2.47. The number of nitrogens with zero attached hydrogens (tertiary/aromatic N) is 2. The molecule has 2 aliphatic carbocycles. The third-order valence-corrected chi connectivity index (χ3v) is 5.31. The molecule has 0 atom stereocenters. The molecule has 1 saturated heterocycles. The summed E-state index contributed by atoms with van der Waals surface area (Å²) in [5.41, 5.74) is 0. The van der Waals surface area contributed by atoms with Gasteiger partial charge < -0.3 is 0 Å². The summed E-state index contributed by atoms with van der Waals surface area (Å²) in [6, 6.07) is 0.308. The summed E-state index contributed by atoms with van der Waals surface area (Å²) in [4.78, 5) is 27.9. The SMILES string of the molecule is O=C1C(=O)N(C2CCCCC2)C(=S)N1C1CCCCC1. The first-order valence-corrected chi connectivity index (χ1v) is 8.31. The smallest absolute Gasteiger partial charge is 0.277 e. The maximum atomic E-state index is 12.3. The fraction of sp³-hybridized carbons (Fsp3) is 0.800. The molecule has 0 unspecified atom stereocenters. The fourth-order valence-electron chi connectivity index (χ4n) is 3.82. The molecule has 0 radical (unpaired) electrons. The number of rotatable bonds is 2. The molecule has 4 nitrogen and oxygen atoms in total. The molecule has 0 spiro atoms. The zero-order chi connectivity index (χ0) is 14.1. The number of amides is 2. The summed E-state index contributed by atoms with van der Waals surface area (Å²) in [5.74, 6) is -0.764. The second-order valence-corrected chi connectivity index (χ2v) is 6.58. The van der Waals surface area contributed by atoms with Gasteiger partial charge in [0.2, 0.25) is 0 Å². The highest BCUT2D eigenvalue weighted by molar-refractivity contribution is 7.80. The first-order valence-electron chi connectivity index (χ1n) is 7.91. The molecule has 1 aliphatic heterocycles. The number of hydrogen-bond donors (Lipinski definition) is 0. The van der Waals surface area contributed by atoms with Crippen molar-refractivity contribution in [3.05, 3.63) is 0 Å². The molecule has 0 N–H and O–H groups in total. The van der Waals surface area contributed by atoms with Crippen LogP contribution in [0.1, 0.15) is 64.2 Å². The third-order valence-electron chi connectivity index (χ3n) is 4.91. The van der Waals surface area contributed by atoms with Crippen LogP contribution in [0.4, 0.5) is 0 Å². The van der Waals surface area contributed by atoms with Crippen molar-refractivity contribution in [1.82, 2.24) is 9.80 Å². The van der Waals surface area contributed by atoms with Crippen molar-refractivity contribution in [3.63, 3.8) is 0 Å². The molecule has 20 heavy (non-hydrogen) atoms. The maximum absolute atomic E-state index is 12.3. The lowest BCUT2D eigenvalue weighted by Crippen LogP contribution is -2.45. The molecular formula is C15H22N2O2S. The third kappa shape index (κ3) is 2.36. The molecule has 0 aromatic rings. The van der Waals surface area contributed by atoms with E-state index in [1.807, 2.05) is 0 Å². The summed E-state index contributed by atoms with van der Waals surface area (Å²) in [5, 5.41) is 0.485. The zero-order valence-electron chi connectivity index (χ0n) is 11.8. The molecule has 0 aromatic carbocycles. The average molecular weight is 294 g/mol. The van der Waals surface area contributed by atoms with Crippen LogP contribution in [0, 0.1) is 0 Å². The number of thiocarbonyl (C=S) groups is 1. The fourth-order valence-corrected chi connectivity index (χ4v) is 4.28. The van der Waals surface area contributed by atoms with Gasteiger partial charge in [-0.3, -0.25) is 19.4 Å². The van der Waals surface area contributed by atoms with Crippen LogP contribution in [-0.4, -0.2) is 38.8 Å². The van der Waals surface area contributed by atoms with Gasteiger partial charge in [-0.1, -0.05) is 38.5 Å². The molecule has 5 heteroatoms. The minimum absolute atomic E-state index is 0.154. The minimum atomic E-state index is -0.382. The predicted octanol–water partition coefficient (Wildman–Crippen LogP) is 2.61. The van der Waals surface area contributed by atoms with Gasteiger partial charge >= 0.3 is 11.8 Å². The van der Waals surface area contributed by atoms with E-state index in [9.17, 15) is 9.59 Å². The van der Waals surface area contributed by atoms with Crippen LogP contribution in [0.3, 0.4) is 0 Å². The molecule has 3 rings (SSSR count). The van der Waals surface area contributed by atoms with Crippen molar-refractivity contribution in [2.75, 3.05) is 0 Å². The molecule has 3 aliphatic rings. The van der Waals surface area contributed by atoms with Crippen molar-refractivity contribution in [1.29, 1.82) is 0 Å². The van der Waals surface area contributed by atoms with Gasteiger partial charge in [0.25, 0.3) is 0 Å². The topological polar surface area (TPSA) is 40.6 Å². The van der Waals surface area contributed by atoms with Gasteiger partial charge in [0, 0.05) is 12.1 Å². The van der Waals surface area contributed by atoms with Crippen molar-refractivity contribution >= 4 is 29.1 Å². The molecule has 2 saturated carbocycles. The molecule has 2 amide bonds. The standard InChI is InChI=1S/C15H22N2O2S/c18-13-14(19)17(12-9-5-2-6-10-12)15(20)16(13)11-7-3-1-4-8-11/h11-12H,1-10H2. The van der Waals surface area contributed by atoms with Crippen LogP contribution < -0.4 is 0 Å². The Hall–Kier alpha value is -0.970. The Balaban J connectivity index is 1.78. The monoisotopic (exact) mass is 294 g/mol. The van der Waals surface area contributed by atoms with Crippen LogP contribution >= 0.6 is 12.2 Å². The van der Waals surface area contributed by atoms with Crippen LogP contribution in [-0.2, 0) is 9.59 Å². The Labute approximate surface area is 125 Å². The second-order valence-electron chi connectivity index (χ2n) is 6.22. The van der Waals surface area contributed by atoms with E-state index >= 15 is 0 Å². The van der Waals surface area contributed by atoms with E-state index in [1.54, 1.807) is 9.80 Å². The molecule has 1 heterocycles. The number of hydrogen-bond acceptors (Lipinski definition) is 3. The van der Waals surface area contributed by atoms with Crippen LogP contribution in [0.25, 0.3) is 0 Å². The normalized spacial score (nSPS) is 26.7.